The lowest BCUT2D eigenvalue weighted by molar-refractivity contribution is 0.0925. The van der Waals surface area contributed by atoms with Gasteiger partial charge >= 0.3 is 6.09 Å². The second kappa shape index (κ2) is 11.4. The quantitative estimate of drug-likeness (QED) is 0.628. The number of carbonyl (C=O) groups excluding carboxylic acids is 1. The van der Waals surface area contributed by atoms with Crippen LogP contribution in [0.5, 0.6) is 11.5 Å². The van der Waals surface area contributed by atoms with Crippen molar-refractivity contribution >= 4 is 6.09 Å². The Morgan fingerprint density at radius 3 is 2.52 bits per heavy atom. The molecule has 0 atom stereocenters. The summed E-state index contributed by atoms with van der Waals surface area (Å²) in [5.74, 6) is 1.88. The van der Waals surface area contributed by atoms with E-state index in [4.69, 9.17) is 14.2 Å². The number of benzene rings is 2. The summed E-state index contributed by atoms with van der Waals surface area (Å²) >= 11 is 0. The topological polar surface area (TPSA) is 63.3 Å². The van der Waals surface area contributed by atoms with Crippen LogP contribution >= 0.6 is 0 Å². The van der Waals surface area contributed by atoms with Crippen LogP contribution in [0.4, 0.5) is 4.79 Å². The average molecular weight is 454 g/mol. The van der Waals surface area contributed by atoms with E-state index in [1.165, 1.54) is 11.1 Å². The predicted molar refractivity (Wildman–Crippen MR) is 128 cm³/mol. The lowest BCUT2D eigenvalue weighted by atomic mass is 10.1. The SMILES string of the molecule is CC(C)Oc1ccc(CN2CCN(CCOC(=O)NCc3ccc4c(c3)CCO4)CC2)cc1. The minimum absolute atomic E-state index is 0.193. The normalized spacial score (nSPS) is 16.3. The third kappa shape index (κ3) is 7.11. The highest BCUT2D eigenvalue weighted by molar-refractivity contribution is 5.67. The van der Waals surface area contributed by atoms with E-state index < -0.39 is 0 Å². The second-order valence-corrected chi connectivity index (χ2v) is 8.96. The number of fused-ring (bicyclic) bond motifs is 1. The summed E-state index contributed by atoms with van der Waals surface area (Å²) < 4.78 is 16.6. The van der Waals surface area contributed by atoms with Gasteiger partial charge in [0.1, 0.15) is 18.1 Å². The molecule has 0 bridgehead atoms. The van der Waals surface area contributed by atoms with Crippen molar-refractivity contribution in [3.05, 3.63) is 59.2 Å². The van der Waals surface area contributed by atoms with E-state index >= 15 is 0 Å². The Labute approximate surface area is 196 Å². The average Bonchev–Trinajstić information content (AvgIpc) is 3.28. The summed E-state index contributed by atoms with van der Waals surface area (Å²) in [5.41, 5.74) is 3.57. The number of alkyl carbamates (subject to hydrolysis) is 1. The minimum atomic E-state index is -0.365. The first-order valence-corrected chi connectivity index (χ1v) is 11.9. The van der Waals surface area contributed by atoms with Crippen LogP contribution in [-0.2, 0) is 24.2 Å². The molecule has 2 heterocycles. The fourth-order valence-corrected chi connectivity index (χ4v) is 4.22. The molecule has 178 valence electrons. The van der Waals surface area contributed by atoms with Gasteiger partial charge in [0.05, 0.1) is 12.7 Å². The third-order valence-corrected chi connectivity index (χ3v) is 6.00. The number of ether oxygens (including phenoxy) is 3. The van der Waals surface area contributed by atoms with E-state index in [0.29, 0.717) is 13.2 Å². The van der Waals surface area contributed by atoms with Gasteiger partial charge < -0.3 is 19.5 Å². The number of rotatable bonds is 9. The highest BCUT2D eigenvalue weighted by Gasteiger charge is 2.17. The van der Waals surface area contributed by atoms with Gasteiger partial charge in [0, 0.05) is 52.2 Å². The number of nitrogens with zero attached hydrogens (tertiary/aromatic N) is 2. The fraction of sp³-hybridized carbons (Fsp3) is 0.500. The monoisotopic (exact) mass is 453 g/mol. The molecule has 0 saturated carbocycles. The Bertz CT molecular complexity index is 908. The molecule has 4 rings (SSSR count). The molecule has 0 aromatic heterocycles. The Morgan fingerprint density at radius 1 is 1.03 bits per heavy atom. The van der Waals surface area contributed by atoms with Crippen LogP contribution in [0.3, 0.4) is 0 Å². The van der Waals surface area contributed by atoms with Gasteiger partial charge in [0.15, 0.2) is 0 Å². The molecular weight excluding hydrogens is 418 g/mol. The minimum Gasteiger partial charge on any atom is -0.493 e. The van der Waals surface area contributed by atoms with E-state index in [2.05, 4.69) is 33.3 Å². The van der Waals surface area contributed by atoms with Crippen molar-refractivity contribution < 1.29 is 19.0 Å². The molecular formula is C26H35N3O4. The van der Waals surface area contributed by atoms with Crippen molar-refractivity contribution in [1.82, 2.24) is 15.1 Å². The van der Waals surface area contributed by atoms with Crippen LogP contribution in [0.1, 0.15) is 30.5 Å². The first-order valence-electron chi connectivity index (χ1n) is 11.9. The van der Waals surface area contributed by atoms with Gasteiger partial charge in [-0.25, -0.2) is 4.79 Å². The van der Waals surface area contributed by atoms with Gasteiger partial charge in [-0.3, -0.25) is 9.80 Å². The van der Waals surface area contributed by atoms with Gasteiger partial charge in [-0.05, 0) is 48.7 Å². The smallest absolute Gasteiger partial charge is 0.407 e. The van der Waals surface area contributed by atoms with E-state index in [9.17, 15) is 4.79 Å². The van der Waals surface area contributed by atoms with E-state index in [-0.39, 0.29) is 12.2 Å². The summed E-state index contributed by atoms with van der Waals surface area (Å²) in [6, 6.07) is 14.4. The molecule has 0 aliphatic carbocycles. The predicted octanol–water partition coefficient (Wildman–Crippen LogP) is 3.45. The molecule has 2 aromatic carbocycles. The molecule has 0 spiro atoms. The van der Waals surface area contributed by atoms with E-state index in [1.54, 1.807) is 0 Å². The van der Waals surface area contributed by atoms with Gasteiger partial charge in [0.25, 0.3) is 0 Å². The van der Waals surface area contributed by atoms with E-state index in [1.807, 2.05) is 38.1 Å². The maximum atomic E-state index is 12.0. The highest BCUT2D eigenvalue weighted by Crippen LogP contribution is 2.25. The molecule has 1 fully saturated rings. The number of piperazine rings is 1. The zero-order chi connectivity index (χ0) is 23.0. The summed E-state index contributed by atoms with van der Waals surface area (Å²) in [4.78, 5) is 16.8. The molecule has 2 aliphatic rings. The molecule has 1 saturated heterocycles. The van der Waals surface area contributed by atoms with Crippen molar-refractivity contribution in [2.24, 2.45) is 0 Å². The van der Waals surface area contributed by atoms with Crippen molar-refractivity contribution in [3.8, 4) is 11.5 Å². The van der Waals surface area contributed by atoms with Crippen LogP contribution in [0, 0.1) is 0 Å². The lowest BCUT2D eigenvalue weighted by Crippen LogP contribution is -2.47. The molecule has 2 aromatic rings. The van der Waals surface area contributed by atoms with E-state index in [0.717, 1.165) is 69.4 Å². The van der Waals surface area contributed by atoms with Crippen molar-refractivity contribution in [2.45, 2.75) is 39.5 Å². The van der Waals surface area contributed by atoms with Gasteiger partial charge in [-0.1, -0.05) is 24.3 Å². The maximum Gasteiger partial charge on any atom is 0.407 e. The number of hydrogen-bond acceptors (Lipinski definition) is 6. The zero-order valence-electron chi connectivity index (χ0n) is 19.7. The first-order chi connectivity index (χ1) is 16.0. The summed E-state index contributed by atoms with van der Waals surface area (Å²) in [6.07, 6.45) is 0.759. The van der Waals surface area contributed by atoms with Gasteiger partial charge in [0.2, 0.25) is 0 Å². The van der Waals surface area contributed by atoms with Crippen molar-refractivity contribution in [1.29, 1.82) is 0 Å². The fourth-order valence-electron chi connectivity index (χ4n) is 4.22. The standard InChI is InChI=1S/C26H35N3O4/c1-20(2)33-24-6-3-21(4-7-24)19-29-12-10-28(11-13-29)14-16-32-26(30)27-18-22-5-8-25-23(17-22)9-15-31-25/h3-8,17,20H,9-16,18-19H2,1-2H3,(H,27,30). The van der Waals surface area contributed by atoms with Gasteiger partial charge in [-0.2, -0.15) is 0 Å². The zero-order valence-corrected chi connectivity index (χ0v) is 19.7. The largest absolute Gasteiger partial charge is 0.493 e. The number of hydrogen-bond donors (Lipinski definition) is 1. The molecule has 2 aliphatic heterocycles. The molecule has 0 radical (unpaired) electrons. The van der Waals surface area contributed by atoms with Crippen LogP contribution in [0.15, 0.2) is 42.5 Å². The number of amides is 1. The Morgan fingerprint density at radius 2 is 1.76 bits per heavy atom. The van der Waals surface area contributed by atoms with Crippen molar-refractivity contribution in [2.75, 3.05) is 45.9 Å². The Balaban J connectivity index is 1.09. The van der Waals surface area contributed by atoms with Crippen LogP contribution in [0.2, 0.25) is 0 Å². The molecule has 0 unspecified atom stereocenters. The van der Waals surface area contributed by atoms with Crippen LogP contribution in [0.25, 0.3) is 0 Å². The molecule has 7 nitrogen and oxygen atoms in total. The first kappa shape index (κ1) is 23.4. The lowest BCUT2D eigenvalue weighted by Gasteiger charge is -2.34. The third-order valence-electron chi connectivity index (χ3n) is 6.00. The molecule has 1 N–H and O–H groups in total. The summed E-state index contributed by atoms with van der Waals surface area (Å²) in [7, 11) is 0. The molecule has 7 heteroatoms. The maximum absolute atomic E-state index is 12.0. The molecule has 1 amide bonds. The van der Waals surface area contributed by atoms with Gasteiger partial charge in [-0.15, -0.1) is 0 Å². The van der Waals surface area contributed by atoms with Crippen LogP contribution in [-0.4, -0.2) is 67.9 Å². The summed E-state index contributed by atoms with van der Waals surface area (Å²) in [6.45, 7) is 11.4. The number of nitrogens with one attached hydrogen (secondary N) is 1. The van der Waals surface area contributed by atoms with Crippen LogP contribution < -0.4 is 14.8 Å². The number of carbonyl (C=O) groups is 1. The Hall–Kier alpha value is -2.77. The van der Waals surface area contributed by atoms with Crippen molar-refractivity contribution in [3.63, 3.8) is 0 Å². The highest BCUT2D eigenvalue weighted by atomic mass is 16.5. The molecule has 33 heavy (non-hydrogen) atoms. The summed E-state index contributed by atoms with van der Waals surface area (Å²) in [5, 5.41) is 2.84. The Kier molecular flexibility index (Phi) is 8.07. The second-order valence-electron chi connectivity index (χ2n) is 8.96.